The van der Waals surface area contributed by atoms with Gasteiger partial charge in [0.15, 0.2) is 0 Å². The van der Waals surface area contributed by atoms with Gasteiger partial charge in [0, 0.05) is 13.6 Å². The van der Waals surface area contributed by atoms with Crippen LogP contribution in [0.4, 0.5) is 0 Å². The summed E-state index contributed by atoms with van der Waals surface area (Å²) < 4.78 is 25.3. The number of rotatable bonds is 7. The number of carbonyl (C=O) groups excluding carboxylic acids is 1. The van der Waals surface area contributed by atoms with E-state index in [0.717, 1.165) is 4.31 Å². The third-order valence-corrected chi connectivity index (χ3v) is 4.96. The third-order valence-electron chi connectivity index (χ3n) is 2.28. The maximum absolute atomic E-state index is 12.1. The molecule has 0 fully saturated rings. The highest BCUT2D eigenvalue weighted by atomic mass is 32.2. The van der Waals surface area contributed by atoms with E-state index in [1.54, 1.807) is 0 Å². The second kappa shape index (κ2) is 6.87. The number of nitrogens with two attached hydrogens (primary N) is 1. The van der Waals surface area contributed by atoms with Gasteiger partial charge in [0.25, 0.3) is 0 Å². The van der Waals surface area contributed by atoms with Gasteiger partial charge in [0.2, 0.25) is 15.9 Å². The number of nitrogens with one attached hydrogen (secondary N) is 1. The Morgan fingerprint density at radius 2 is 2.06 bits per heavy atom. The quantitative estimate of drug-likeness (QED) is 0.611. The maximum Gasteiger partial charge on any atom is 0.235 e. The van der Waals surface area contributed by atoms with Crippen LogP contribution in [0.5, 0.6) is 0 Å². The molecule has 1 unspecified atom stereocenters. The molecular formula is C9H19N3O3S2. The largest absolute Gasteiger partial charge is 0.392 e. The van der Waals surface area contributed by atoms with Crippen molar-refractivity contribution in [3.05, 3.63) is 0 Å². The Morgan fingerprint density at radius 3 is 2.41 bits per heavy atom. The Labute approximate surface area is 108 Å². The molecule has 1 amide bonds. The van der Waals surface area contributed by atoms with Crippen LogP contribution in [0.1, 0.15) is 20.3 Å². The van der Waals surface area contributed by atoms with E-state index < -0.39 is 15.3 Å². The van der Waals surface area contributed by atoms with Gasteiger partial charge >= 0.3 is 0 Å². The molecule has 100 valence electrons. The van der Waals surface area contributed by atoms with Gasteiger partial charge in [-0.1, -0.05) is 19.1 Å². The zero-order valence-electron chi connectivity index (χ0n) is 10.3. The fourth-order valence-corrected chi connectivity index (χ4v) is 3.00. The fraction of sp³-hybridized carbons (Fsp3) is 0.778. The predicted octanol–water partition coefficient (Wildman–Crippen LogP) is -0.551. The highest BCUT2D eigenvalue weighted by Crippen LogP contribution is 2.10. The van der Waals surface area contributed by atoms with Crippen LogP contribution < -0.4 is 11.1 Å². The molecule has 17 heavy (non-hydrogen) atoms. The van der Waals surface area contributed by atoms with Gasteiger partial charge in [-0.05, 0) is 13.3 Å². The van der Waals surface area contributed by atoms with Crippen LogP contribution in [0.3, 0.4) is 0 Å². The van der Waals surface area contributed by atoms with Gasteiger partial charge in [-0.2, -0.15) is 4.31 Å². The smallest absolute Gasteiger partial charge is 0.235 e. The highest BCUT2D eigenvalue weighted by molar-refractivity contribution is 7.92. The zero-order chi connectivity index (χ0) is 13.6. The first-order valence-electron chi connectivity index (χ1n) is 5.26. The minimum absolute atomic E-state index is 0.0944. The molecule has 6 nitrogen and oxygen atoms in total. The molecule has 0 aromatic heterocycles. The van der Waals surface area contributed by atoms with E-state index in [9.17, 15) is 13.2 Å². The molecule has 0 aromatic rings. The SMILES string of the molecule is CCCN(CC(=O)NC)S(=O)(=O)C(C)C(N)=S. The first-order valence-corrected chi connectivity index (χ1v) is 7.17. The molecule has 1 atom stereocenters. The summed E-state index contributed by atoms with van der Waals surface area (Å²) >= 11 is 4.68. The first kappa shape index (κ1) is 16.3. The second-order valence-corrected chi connectivity index (χ2v) is 6.32. The van der Waals surface area contributed by atoms with Crippen LogP contribution in [-0.2, 0) is 14.8 Å². The minimum Gasteiger partial charge on any atom is -0.392 e. The highest BCUT2D eigenvalue weighted by Gasteiger charge is 2.31. The monoisotopic (exact) mass is 281 g/mol. The van der Waals surface area contributed by atoms with Gasteiger partial charge in [-0.15, -0.1) is 0 Å². The molecule has 0 rings (SSSR count). The minimum atomic E-state index is -3.66. The van der Waals surface area contributed by atoms with Crippen LogP contribution in [0, 0.1) is 0 Å². The maximum atomic E-state index is 12.1. The number of likely N-dealkylation sites (N-methyl/N-ethyl adjacent to an activating group) is 1. The van der Waals surface area contributed by atoms with Gasteiger partial charge in [-0.25, -0.2) is 8.42 Å². The summed E-state index contributed by atoms with van der Waals surface area (Å²) in [6.45, 7) is 3.31. The molecule has 0 aliphatic rings. The van der Waals surface area contributed by atoms with Crippen molar-refractivity contribution in [1.82, 2.24) is 9.62 Å². The molecule has 0 spiro atoms. The standard InChI is InChI=1S/C9H19N3O3S2/c1-4-5-12(6-8(13)11-3)17(14,15)7(2)9(10)16/h7H,4-6H2,1-3H3,(H2,10,16)(H,11,13). The molecule has 0 bridgehead atoms. The van der Waals surface area contributed by atoms with E-state index in [2.05, 4.69) is 17.5 Å². The van der Waals surface area contributed by atoms with Crippen molar-refractivity contribution in [2.24, 2.45) is 5.73 Å². The van der Waals surface area contributed by atoms with Crippen LogP contribution in [0.2, 0.25) is 0 Å². The van der Waals surface area contributed by atoms with Gasteiger partial charge in [0.05, 0.1) is 11.5 Å². The first-order chi connectivity index (χ1) is 7.77. The molecular weight excluding hydrogens is 262 g/mol. The lowest BCUT2D eigenvalue weighted by Gasteiger charge is -2.24. The molecule has 0 aliphatic heterocycles. The van der Waals surface area contributed by atoms with E-state index in [4.69, 9.17) is 5.73 Å². The van der Waals surface area contributed by atoms with E-state index in [1.165, 1.54) is 14.0 Å². The van der Waals surface area contributed by atoms with Crippen LogP contribution in [-0.4, -0.2) is 49.0 Å². The van der Waals surface area contributed by atoms with E-state index in [-0.39, 0.29) is 24.0 Å². The number of thiocarbonyl (C=S) groups is 1. The number of carbonyl (C=O) groups is 1. The Balaban J connectivity index is 5.04. The van der Waals surface area contributed by atoms with Gasteiger partial charge < -0.3 is 11.1 Å². The molecule has 0 saturated heterocycles. The Bertz CT molecular complexity index is 381. The normalized spacial score (nSPS) is 13.4. The summed E-state index contributed by atoms with van der Waals surface area (Å²) in [4.78, 5) is 11.2. The summed E-state index contributed by atoms with van der Waals surface area (Å²) in [7, 11) is -2.21. The van der Waals surface area contributed by atoms with Crippen molar-refractivity contribution < 1.29 is 13.2 Å². The summed E-state index contributed by atoms with van der Waals surface area (Å²) in [5, 5.41) is 1.42. The Hall–Kier alpha value is -0.730. The van der Waals surface area contributed by atoms with Gasteiger partial charge in [0.1, 0.15) is 5.25 Å². The predicted molar refractivity (Wildman–Crippen MR) is 71.1 cm³/mol. The molecule has 3 N–H and O–H groups in total. The number of nitrogens with zero attached hydrogens (tertiary/aromatic N) is 1. The second-order valence-electron chi connectivity index (χ2n) is 3.60. The Kier molecular flexibility index (Phi) is 6.58. The van der Waals surface area contributed by atoms with Crippen molar-refractivity contribution in [2.75, 3.05) is 20.1 Å². The van der Waals surface area contributed by atoms with E-state index >= 15 is 0 Å². The van der Waals surface area contributed by atoms with Crippen molar-refractivity contribution in [1.29, 1.82) is 0 Å². The average Bonchev–Trinajstić information content (AvgIpc) is 2.26. The topological polar surface area (TPSA) is 92.5 Å². The van der Waals surface area contributed by atoms with Crippen LogP contribution in [0.15, 0.2) is 0 Å². The molecule has 0 radical (unpaired) electrons. The van der Waals surface area contributed by atoms with Crippen molar-refractivity contribution in [3.63, 3.8) is 0 Å². The van der Waals surface area contributed by atoms with E-state index in [0.29, 0.717) is 6.42 Å². The number of amides is 1. The summed E-state index contributed by atoms with van der Waals surface area (Å²) in [6.07, 6.45) is 0.611. The lowest BCUT2D eigenvalue weighted by Crippen LogP contribution is -2.47. The zero-order valence-corrected chi connectivity index (χ0v) is 11.9. The molecule has 0 aromatic carbocycles. The third kappa shape index (κ3) is 4.57. The molecule has 0 aliphatic carbocycles. The van der Waals surface area contributed by atoms with Crippen LogP contribution >= 0.6 is 12.2 Å². The number of hydrogen-bond donors (Lipinski definition) is 2. The number of sulfonamides is 1. The van der Waals surface area contributed by atoms with Gasteiger partial charge in [-0.3, -0.25) is 4.79 Å². The average molecular weight is 281 g/mol. The molecule has 0 heterocycles. The van der Waals surface area contributed by atoms with E-state index in [1.807, 2.05) is 6.92 Å². The van der Waals surface area contributed by atoms with Crippen LogP contribution in [0.25, 0.3) is 0 Å². The Morgan fingerprint density at radius 1 is 1.53 bits per heavy atom. The molecule has 8 heteroatoms. The summed E-state index contributed by atoms with van der Waals surface area (Å²) in [6, 6.07) is 0. The lowest BCUT2D eigenvalue weighted by atomic mass is 10.4. The lowest BCUT2D eigenvalue weighted by molar-refractivity contribution is -0.120. The fourth-order valence-electron chi connectivity index (χ4n) is 1.16. The number of hydrogen-bond acceptors (Lipinski definition) is 4. The van der Waals surface area contributed by atoms with Crippen molar-refractivity contribution >= 4 is 33.1 Å². The van der Waals surface area contributed by atoms with Crippen molar-refractivity contribution in [3.8, 4) is 0 Å². The summed E-state index contributed by atoms with van der Waals surface area (Å²) in [5.41, 5.74) is 5.34. The van der Waals surface area contributed by atoms with Crippen molar-refractivity contribution in [2.45, 2.75) is 25.5 Å². The summed E-state index contributed by atoms with van der Waals surface area (Å²) in [5.74, 6) is -0.364. The molecule has 0 saturated carbocycles.